The first-order valence-electron chi connectivity index (χ1n) is 11.6. The van der Waals surface area contributed by atoms with Crippen LogP contribution in [0.5, 0.6) is 5.75 Å². The molecule has 1 aliphatic heterocycles. The first-order chi connectivity index (χ1) is 17.6. The number of benzene rings is 3. The molecule has 1 saturated heterocycles. The fourth-order valence-electron chi connectivity index (χ4n) is 4.03. The third-order valence-corrected chi connectivity index (χ3v) is 7.09. The van der Waals surface area contributed by atoms with Crippen LogP contribution in [0.1, 0.15) is 41.1 Å². The van der Waals surface area contributed by atoms with Gasteiger partial charge in [-0.15, -0.1) is 5.10 Å². The van der Waals surface area contributed by atoms with Crippen LogP contribution in [-0.2, 0) is 22.6 Å². The number of aliphatic hydroxyl groups is 1. The number of hydrogen-bond donors (Lipinski definition) is 3. The van der Waals surface area contributed by atoms with Gasteiger partial charge in [0.05, 0.1) is 24.5 Å². The second-order valence-electron chi connectivity index (χ2n) is 8.50. The second-order valence-corrected chi connectivity index (χ2v) is 9.48. The molecule has 1 aromatic heterocycles. The molecule has 186 valence electrons. The van der Waals surface area contributed by atoms with Crippen molar-refractivity contribution in [2.24, 2.45) is 5.73 Å². The number of aromatic hydroxyl groups is 1. The molecule has 1 unspecified atom stereocenters. The van der Waals surface area contributed by atoms with Crippen LogP contribution < -0.4 is 5.73 Å². The Kier molecular flexibility index (Phi) is 7.59. The number of ether oxygens (including phenoxy) is 2. The van der Waals surface area contributed by atoms with E-state index in [1.165, 1.54) is 11.8 Å². The topological polar surface area (TPSA) is 129 Å². The molecular weight excluding hydrogens is 478 g/mol. The van der Waals surface area contributed by atoms with E-state index in [1.807, 2.05) is 48.5 Å². The molecule has 5 rings (SSSR count). The molecule has 4 N–H and O–H groups in total. The van der Waals surface area contributed by atoms with Gasteiger partial charge in [-0.3, -0.25) is 0 Å². The molecule has 0 radical (unpaired) electrons. The molecule has 0 aliphatic carbocycles. The fourth-order valence-corrected chi connectivity index (χ4v) is 4.93. The normalized spacial score (nSPS) is 19.9. The maximum absolute atomic E-state index is 9.58. The van der Waals surface area contributed by atoms with Crippen molar-refractivity contribution < 1.29 is 19.7 Å². The van der Waals surface area contributed by atoms with Crippen LogP contribution in [0.4, 0.5) is 0 Å². The molecule has 0 saturated carbocycles. The van der Waals surface area contributed by atoms with Gasteiger partial charge >= 0.3 is 0 Å². The number of thioether (sulfide) groups is 1. The molecule has 0 bridgehead atoms. The lowest BCUT2D eigenvalue weighted by Gasteiger charge is -2.36. The van der Waals surface area contributed by atoms with E-state index in [-0.39, 0.29) is 24.6 Å². The van der Waals surface area contributed by atoms with Crippen molar-refractivity contribution >= 4 is 11.8 Å². The van der Waals surface area contributed by atoms with Crippen molar-refractivity contribution in [3.05, 3.63) is 95.1 Å². The van der Waals surface area contributed by atoms with Gasteiger partial charge in [-0.2, -0.15) is 4.68 Å². The first-order valence-corrected chi connectivity index (χ1v) is 12.6. The van der Waals surface area contributed by atoms with Crippen LogP contribution in [0.25, 0.3) is 5.69 Å². The highest BCUT2D eigenvalue weighted by atomic mass is 32.2. The minimum atomic E-state index is -0.535. The summed E-state index contributed by atoms with van der Waals surface area (Å²) < 4.78 is 14.4. The molecule has 1 fully saturated rings. The Morgan fingerprint density at radius 3 is 2.31 bits per heavy atom. The zero-order valence-electron chi connectivity index (χ0n) is 19.5. The summed E-state index contributed by atoms with van der Waals surface area (Å²) >= 11 is 1.50. The van der Waals surface area contributed by atoms with E-state index in [0.717, 1.165) is 27.9 Å². The van der Waals surface area contributed by atoms with Crippen molar-refractivity contribution in [3.8, 4) is 11.4 Å². The zero-order chi connectivity index (χ0) is 24.9. The molecule has 0 amide bonds. The first kappa shape index (κ1) is 24.4. The molecule has 10 heteroatoms. The Bertz CT molecular complexity index is 1210. The summed E-state index contributed by atoms with van der Waals surface area (Å²) in [6, 6.07) is 22.5. The van der Waals surface area contributed by atoms with Crippen LogP contribution >= 0.6 is 11.8 Å². The van der Waals surface area contributed by atoms with Gasteiger partial charge < -0.3 is 25.4 Å². The van der Waals surface area contributed by atoms with Crippen molar-refractivity contribution in [2.75, 3.05) is 5.75 Å². The van der Waals surface area contributed by atoms with Crippen LogP contribution in [0.3, 0.4) is 0 Å². The number of nitrogens with zero attached hydrogens (tertiary/aromatic N) is 4. The Morgan fingerprint density at radius 2 is 1.61 bits per heavy atom. The number of aromatic nitrogens is 4. The molecule has 2 heterocycles. The van der Waals surface area contributed by atoms with Gasteiger partial charge in [0.2, 0.25) is 5.16 Å². The third-order valence-electron chi connectivity index (χ3n) is 6.04. The number of rotatable bonds is 8. The average molecular weight is 506 g/mol. The fraction of sp³-hybridized carbons (Fsp3) is 0.269. The van der Waals surface area contributed by atoms with Crippen molar-refractivity contribution in [1.29, 1.82) is 0 Å². The number of aliphatic hydroxyl groups excluding tert-OH is 1. The lowest BCUT2D eigenvalue weighted by atomic mass is 10.0. The standard InChI is InChI=1S/C26H27N5O4S/c27-14-17-1-7-20(8-2-17)25-34-23(13-24(35-25)19-5-3-18(15-32)4-6-19)16-36-26-28-29-30-31(26)21-9-11-22(33)12-10-21/h1-12,23-25,32-33H,13-16,27H2/t23-,24+,25?/m0/s1. The second kappa shape index (κ2) is 11.2. The molecule has 1 aliphatic rings. The van der Waals surface area contributed by atoms with E-state index in [1.54, 1.807) is 28.9 Å². The Hall–Kier alpha value is -3.28. The van der Waals surface area contributed by atoms with Crippen LogP contribution in [0.2, 0.25) is 0 Å². The largest absolute Gasteiger partial charge is 0.508 e. The van der Waals surface area contributed by atoms with E-state index >= 15 is 0 Å². The highest BCUT2D eigenvalue weighted by Crippen LogP contribution is 2.39. The van der Waals surface area contributed by atoms with Crippen LogP contribution in [0.15, 0.2) is 78.0 Å². The zero-order valence-corrected chi connectivity index (χ0v) is 20.3. The predicted molar refractivity (Wildman–Crippen MR) is 134 cm³/mol. The Labute approximate surface area is 212 Å². The minimum absolute atomic E-state index is 0.0000455. The van der Waals surface area contributed by atoms with Gasteiger partial charge in [0.1, 0.15) is 5.75 Å². The monoisotopic (exact) mass is 505 g/mol. The summed E-state index contributed by atoms with van der Waals surface area (Å²) in [5, 5.41) is 31.7. The van der Waals surface area contributed by atoms with E-state index in [4.69, 9.17) is 15.2 Å². The summed E-state index contributed by atoms with van der Waals surface area (Å²) in [7, 11) is 0. The summed E-state index contributed by atoms with van der Waals surface area (Å²) in [4.78, 5) is 0. The molecular formula is C26H27N5O4S. The minimum Gasteiger partial charge on any atom is -0.508 e. The molecule has 0 spiro atoms. The lowest BCUT2D eigenvalue weighted by Crippen LogP contribution is -2.31. The SMILES string of the molecule is NCc1ccc(C2O[C@H](CSc3nnnn3-c3ccc(O)cc3)C[C@H](c3ccc(CO)cc3)O2)cc1. The van der Waals surface area contributed by atoms with E-state index in [9.17, 15) is 10.2 Å². The van der Waals surface area contributed by atoms with Gasteiger partial charge in [0, 0.05) is 24.3 Å². The number of hydrogen-bond acceptors (Lipinski definition) is 9. The van der Waals surface area contributed by atoms with Gasteiger partial charge in [-0.25, -0.2) is 0 Å². The molecule has 4 aromatic rings. The predicted octanol–water partition coefficient (Wildman–Crippen LogP) is 3.66. The maximum atomic E-state index is 9.58. The Morgan fingerprint density at radius 1 is 0.917 bits per heavy atom. The summed E-state index contributed by atoms with van der Waals surface area (Å²) in [5.74, 6) is 0.796. The highest BCUT2D eigenvalue weighted by molar-refractivity contribution is 7.99. The van der Waals surface area contributed by atoms with Gasteiger partial charge in [-0.05, 0) is 51.4 Å². The molecule has 3 atom stereocenters. The van der Waals surface area contributed by atoms with Crippen LogP contribution in [0, 0.1) is 0 Å². The van der Waals surface area contributed by atoms with E-state index < -0.39 is 6.29 Å². The van der Waals surface area contributed by atoms with Crippen molar-refractivity contribution in [2.45, 2.75) is 43.2 Å². The molecule has 36 heavy (non-hydrogen) atoms. The summed E-state index contributed by atoms with van der Waals surface area (Å²) in [5.41, 5.74) is 10.4. The number of tetrazole rings is 1. The van der Waals surface area contributed by atoms with Gasteiger partial charge in [0.25, 0.3) is 0 Å². The van der Waals surface area contributed by atoms with Gasteiger partial charge in [-0.1, -0.05) is 60.3 Å². The number of phenols is 1. The quantitative estimate of drug-likeness (QED) is 0.307. The van der Waals surface area contributed by atoms with Gasteiger partial charge in [0.15, 0.2) is 6.29 Å². The molecule has 3 aromatic carbocycles. The number of phenolic OH excluding ortho intramolecular Hbond substituents is 1. The van der Waals surface area contributed by atoms with Crippen molar-refractivity contribution in [3.63, 3.8) is 0 Å². The summed E-state index contributed by atoms with van der Waals surface area (Å²) in [6.07, 6.45) is -0.185. The van der Waals surface area contributed by atoms with Crippen LogP contribution in [-0.4, -0.2) is 42.3 Å². The van der Waals surface area contributed by atoms with E-state index in [2.05, 4.69) is 15.5 Å². The number of nitrogens with two attached hydrogens (primary N) is 1. The molecule has 9 nitrogen and oxygen atoms in total. The highest BCUT2D eigenvalue weighted by Gasteiger charge is 2.32. The smallest absolute Gasteiger partial charge is 0.214 e. The van der Waals surface area contributed by atoms with Crippen molar-refractivity contribution in [1.82, 2.24) is 20.2 Å². The lowest BCUT2D eigenvalue weighted by molar-refractivity contribution is -0.245. The van der Waals surface area contributed by atoms with E-state index in [0.29, 0.717) is 23.9 Å². The maximum Gasteiger partial charge on any atom is 0.214 e. The Balaban J connectivity index is 1.35. The third kappa shape index (κ3) is 5.58. The average Bonchev–Trinajstić information content (AvgIpc) is 3.41. The summed E-state index contributed by atoms with van der Waals surface area (Å²) in [6.45, 7) is 0.474.